The highest BCUT2D eigenvalue weighted by Gasteiger charge is 2.12. The summed E-state index contributed by atoms with van der Waals surface area (Å²) >= 11 is 0. The van der Waals surface area contributed by atoms with Crippen molar-refractivity contribution in [3.8, 4) is 23.0 Å². The van der Waals surface area contributed by atoms with E-state index < -0.39 is 23.9 Å². The average molecular weight is 638 g/mol. The van der Waals surface area contributed by atoms with Crippen LogP contribution in [0.2, 0.25) is 0 Å². The summed E-state index contributed by atoms with van der Waals surface area (Å²) in [7, 11) is 0. The van der Waals surface area contributed by atoms with Crippen LogP contribution in [0.1, 0.15) is 58.1 Å². The van der Waals surface area contributed by atoms with Crippen molar-refractivity contribution in [3.63, 3.8) is 0 Å². The van der Waals surface area contributed by atoms with E-state index in [0.717, 1.165) is 25.8 Å². The van der Waals surface area contributed by atoms with E-state index in [0.29, 0.717) is 30.8 Å². The molecule has 0 aliphatic heterocycles. The third-order valence-corrected chi connectivity index (χ3v) is 5.71. The van der Waals surface area contributed by atoms with Crippen LogP contribution in [0.25, 0.3) is 12.2 Å². The van der Waals surface area contributed by atoms with Crippen molar-refractivity contribution in [3.05, 3.63) is 59.7 Å². The van der Waals surface area contributed by atoms with E-state index in [1.54, 1.807) is 24.3 Å². The Bertz CT molecular complexity index is 1360. The fourth-order valence-electron chi connectivity index (χ4n) is 3.80. The van der Waals surface area contributed by atoms with Gasteiger partial charge in [-0.25, -0.2) is 0 Å². The van der Waals surface area contributed by atoms with Gasteiger partial charge in [0, 0.05) is 52.9 Å². The maximum absolute atomic E-state index is 12.1. The van der Waals surface area contributed by atoms with E-state index >= 15 is 0 Å². The third-order valence-electron chi connectivity index (χ3n) is 5.71. The number of nitrogens with one attached hydrogen (secondary N) is 3. The molecule has 246 valence electrons. The van der Waals surface area contributed by atoms with Crippen molar-refractivity contribution in [2.45, 2.75) is 47.0 Å². The number of unbranched alkanes of at least 4 members (excludes halogenated alkanes) is 1. The van der Waals surface area contributed by atoms with Crippen LogP contribution in [0, 0.1) is 0 Å². The molecule has 2 aromatic carbocycles. The van der Waals surface area contributed by atoms with Gasteiger partial charge in [0.1, 0.15) is 0 Å². The number of amides is 2. The summed E-state index contributed by atoms with van der Waals surface area (Å²) in [6.45, 7) is 7.35. The molecule has 0 saturated carbocycles. The standard InChI is InChI=1S/C33H39N3O10/c1-22(37)43-28-12-8-26(20-30(28)45-24(3)39)10-14-32(41)35-18-6-5-16-34-17-7-19-36-33(42)15-11-27-9-13-29(44-23(2)38)31(21-27)46-25(4)40/h8-15,20-21,34H,5-7,16-19H2,1-4H3,(H,35,41)(H,36,42)/b14-10+,15-11+. The fourth-order valence-corrected chi connectivity index (χ4v) is 3.80. The Morgan fingerprint density at radius 1 is 0.522 bits per heavy atom. The number of hydrogen-bond donors (Lipinski definition) is 3. The molecule has 0 radical (unpaired) electrons. The quantitative estimate of drug-likeness (QED) is 0.101. The number of rotatable bonds is 17. The number of ether oxygens (including phenoxy) is 4. The first-order valence-electron chi connectivity index (χ1n) is 14.6. The summed E-state index contributed by atoms with van der Waals surface area (Å²) in [6.07, 6.45) is 8.16. The van der Waals surface area contributed by atoms with Gasteiger partial charge < -0.3 is 34.9 Å². The second kappa shape index (κ2) is 19.9. The van der Waals surface area contributed by atoms with Crippen LogP contribution >= 0.6 is 0 Å². The lowest BCUT2D eigenvalue weighted by Gasteiger charge is -2.09. The second-order valence-electron chi connectivity index (χ2n) is 9.85. The minimum absolute atomic E-state index is 0.0778. The molecule has 0 bridgehead atoms. The zero-order chi connectivity index (χ0) is 33.9. The van der Waals surface area contributed by atoms with Gasteiger partial charge in [-0.05, 0) is 79.9 Å². The topological polar surface area (TPSA) is 175 Å². The van der Waals surface area contributed by atoms with Gasteiger partial charge in [-0.1, -0.05) is 12.1 Å². The Kier molecular flexibility index (Phi) is 15.9. The largest absolute Gasteiger partial charge is 0.423 e. The lowest BCUT2D eigenvalue weighted by atomic mass is 10.2. The minimum Gasteiger partial charge on any atom is -0.423 e. The van der Waals surface area contributed by atoms with Crippen molar-refractivity contribution in [2.75, 3.05) is 26.2 Å². The van der Waals surface area contributed by atoms with E-state index in [1.165, 1.54) is 64.1 Å². The van der Waals surface area contributed by atoms with Crippen LogP contribution in [-0.4, -0.2) is 61.9 Å². The first-order valence-corrected chi connectivity index (χ1v) is 14.6. The van der Waals surface area contributed by atoms with Gasteiger partial charge in [-0.15, -0.1) is 0 Å². The molecule has 46 heavy (non-hydrogen) atoms. The fraction of sp³-hybridized carbons (Fsp3) is 0.333. The zero-order valence-electron chi connectivity index (χ0n) is 26.3. The van der Waals surface area contributed by atoms with Crippen LogP contribution in [0.3, 0.4) is 0 Å². The highest BCUT2D eigenvalue weighted by atomic mass is 16.6. The van der Waals surface area contributed by atoms with E-state index in [-0.39, 0.29) is 34.8 Å². The van der Waals surface area contributed by atoms with Gasteiger partial charge in [-0.3, -0.25) is 28.8 Å². The van der Waals surface area contributed by atoms with Gasteiger partial charge in [0.15, 0.2) is 23.0 Å². The molecule has 0 aromatic heterocycles. The molecule has 2 amide bonds. The van der Waals surface area contributed by atoms with Crippen LogP contribution in [0.15, 0.2) is 48.6 Å². The smallest absolute Gasteiger partial charge is 0.308 e. The molecule has 0 spiro atoms. The van der Waals surface area contributed by atoms with E-state index in [1.807, 2.05) is 0 Å². The molecular weight excluding hydrogens is 598 g/mol. The van der Waals surface area contributed by atoms with Crippen LogP contribution in [-0.2, 0) is 28.8 Å². The number of hydrogen-bond acceptors (Lipinski definition) is 11. The molecule has 0 unspecified atom stereocenters. The second-order valence-corrected chi connectivity index (χ2v) is 9.85. The Morgan fingerprint density at radius 2 is 0.891 bits per heavy atom. The third kappa shape index (κ3) is 15.4. The number of carbonyl (C=O) groups excluding carboxylic acids is 6. The first-order chi connectivity index (χ1) is 21.9. The van der Waals surface area contributed by atoms with E-state index in [2.05, 4.69) is 16.0 Å². The summed E-state index contributed by atoms with van der Waals surface area (Å²) in [5.41, 5.74) is 1.17. The molecule has 0 aliphatic rings. The Balaban J connectivity index is 1.61. The summed E-state index contributed by atoms with van der Waals surface area (Å²) in [4.78, 5) is 69.5. The average Bonchev–Trinajstić information content (AvgIpc) is 2.97. The summed E-state index contributed by atoms with van der Waals surface area (Å²) in [6, 6.07) is 9.21. The zero-order valence-corrected chi connectivity index (χ0v) is 26.3. The molecule has 0 heterocycles. The van der Waals surface area contributed by atoms with Crippen molar-refractivity contribution in [2.24, 2.45) is 0 Å². The highest BCUT2D eigenvalue weighted by molar-refractivity contribution is 5.92. The molecule has 0 aliphatic carbocycles. The highest BCUT2D eigenvalue weighted by Crippen LogP contribution is 2.30. The van der Waals surface area contributed by atoms with Crippen LogP contribution < -0.4 is 34.9 Å². The lowest BCUT2D eigenvalue weighted by Crippen LogP contribution is -2.27. The molecule has 0 fully saturated rings. The summed E-state index contributed by atoms with van der Waals surface area (Å²) < 4.78 is 20.2. The molecule has 13 heteroatoms. The van der Waals surface area contributed by atoms with Crippen LogP contribution in [0.5, 0.6) is 23.0 Å². The van der Waals surface area contributed by atoms with Gasteiger partial charge in [0.05, 0.1) is 0 Å². The molecule has 0 atom stereocenters. The number of esters is 4. The van der Waals surface area contributed by atoms with Crippen molar-refractivity contribution >= 4 is 47.8 Å². The number of benzene rings is 2. The Hall–Kier alpha value is -5.30. The number of carbonyl (C=O) groups is 6. The van der Waals surface area contributed by atoms with Gasteiger partial charge >= 0.3 is 23.9 Å². The normalized spacial score (nSPS) is 10.8. The van der Waals surface area contributed by atoms with Gasteiger partial charge in [0.2, 0.25) is 11.8 Å². The minimum atomic E-state index is -0.571. The molecular formula is C33H39N3O10. The molecule has 0 saturated heterocycles. The van der Waals surface area contributed by atoms with E-state index in [9.17, 15) is 28.8 Å². The predicted molar refractivity (Wildman–Crippen MR) is 169 cm³/mol. The summed E-state index contributed by atoms with van der Waals surface area (Å²) in [5.74, 6) is -2.44. The van der Waals surface area contributed by atoms with Gasteiger partial charge in [0.25, 0.3) is 0 Å². The SMILES string of the molecule is CC(=O)Oc1ccc(/C=C/C(=O)NCCCCNCCCNC(=O)/C=C/c2ccc(OC(C)=O)c(OC(C)=O)c2)cc1OC(C)=O. The predicted octanol–water partition coefficient (Wildman–Crippen LogP) is 3.11. The molecule has 2 rings (SSSR count). The summed E-state index contributed by atoms with van der Waals surface area (Å²) in [5, 5.41) is 8.88. The van der Waals surface area contributed by atoms with Crippen molar-refractivity contribution in [1.82, 2.24) is 16.0 Å². The van der Waals surface area contributed by atoms with E-state index in [4.69, 9.17) is 18.9 Å². The maximum atomic E-state index is 12.1. The molecule has 2 aromatic rings. The first kappa shape index (κ1) is 36.9. The van der Waals surface area contributed by atoms with Crippen molar-refractivity contribution in [1.29, 1.82) is 0 Å². The maximum Gasteiger partial charge on any atom is 0.308 e. The Labute approximate surface area is 267 Å². The van der Waals surface area contributed by atoms with Crippen molar-refractivity contribution < 1.29 is 47.7 Å². The molecule has 13 nitrogen and oxygen atoms in total. The monoisotopic (exact) mass is 637 g/mol. The molecule has 3 N–H and O–H groups in total. The lowest BCUT2D eigenvalue weighted by molar-refractivity contribution is -0.134. The Morgan fingerprint density at radius 3 is 1.33 bits per heavy atom. The van der Waals surface area contributed by atoms with Crippen LogP contribution in [0.4, 0.5) is 0 Å². The van der Waals surface area contributed by atoms with Gasteiger partial charge in [-0.2, -0.15) is 0 Å².